The number of hydrogen-bond acceptors (Lipinski definition) is 3. The van der Waals surface area contributed by atoms with Crippen LogP contribution in [0.25, 0.3) is 0 Å². The van der Waals surface area contributed by atoms with Gasteiger partial charge in [0.15, 0.2) is 6.29 Å². The molecule has 0 fully saturated rings. The fourth-order valence-electron chi connectivity index (χ4n) is 0.982. The first-order chi connectivity index (χ1) is 6.20. The highest BCUT2D eigenvalue weighted by atomic mass is 16.7. The van der Waals surface area contributed by atoms with Crippen molar-refractivity contribution in [3.63, 3.8) is 0 Å². The number of rotatable bonds is 7. The molecule has 0 unspecified atom stereocenters. The van der Waals surface area contributed by atoms with Crippen LogP contribution < -0.4 is 0 Å². The van der Waals surface area contributed by atoms with Crippen molar-refractivity contribution in [3.05, 3.63) is 12.2 Å². The Balaban J connectivity index is 3.54. The maximum absolute atomic E-state index is 9.96. The summed E-state index contributed by atoms with van der Waals surface area (Å²) in [6.45, 7) is 6.39. The summed E-state index contributed by atoms with van der Waals surface area (Å²) in [6.07, 6.45) is 4.67. The molecular formula is C10H18O3. The van der Waals surface area contributed by atoms with Gasteiger partial charge in [0.2, 0.25) is 0 Å². The van der Waals surface area contributed by atoms with Crippen LogP contribution in [0.2, 0.25) is 0 Å². The van der Waals surface area contributed by atoms with Gasteiger partial charge in [-0.3, -0.25) is 4.79 Å². The van der Waals surface area contributed by atoms with Crippen molar-refractivity contribution in [1.82, 2.24) is 0 Å². The lowest BCUT2D eigenvalue weighted by atomic mass is 10.2. The van der Waals surface area contributed by atoms with Gasteiger partial charge in [-0.25, -0.2) is 0 Å². The van der Waals surface area contributed by atoms with Gasteiger partial charge in [-0.15, -0.1) is 0 Å². The van der Waals surface area contributed by atoms with Crippen molar-refractivity contribution in [2.45, 2.75) is 39.6 Å². The first kappa shape index (κ1) is 12.3. The summed E-state index contributed by atoms with van der Waals surface area (Å²) in [7, 11) is 0. The highest BCUT2D eigenvalue weighted by Gasteiger charge is 2.05. The zero-order chi connectivity index (χ0) is 10.1. The third kappa shape index (κ3) is 7.68. The first-order valence-electron chi connectivity index (χ1n) is 4.58. The summed E-state index contributed by atoms with van der Waals surface area (Å²) < 4.78 is 10.7. The number of aldehydes is 1. The summed E-state index contributed by atoms with van der Waals surface area (Å²) >= 11 is 0. The number of ether oxygens (including phenoxy) is 2. The Morgan fingerprint density at radius 2 is 2.08 bits per heavy atom. The molecule has 0 amide bonds. The molecule has 0 bridgehead atoms. The van der Waals surface area contributed by atoms with Gasteiger partial charge < -0.3 is 9.47 Å². The van der Waals surface area contributed by atoms with E-state index in [2.05, 4.69) is 0 Å². The lowest BCUT2D eigenvalue weighted by Gasteiger charge is -2.17. The minimum Gasteiger partial charge on any atom is -0.353 e. The van der Waals surface area contributed by atoms with Crippen LogP contribution >= 0.6 is 0 Å². The number of allylic oxidation sites excluding steroid dienone is 1. The van der Waals surface area contributed by atoms with Gasteiger partial charge in [-0.2, -0.15) is 0 Å². The Morgan fingerprint density at radius 3 is 2.62 bits per heavy atom. The van der Waals surface area contributed by atoms with Crippen LogP contribution in [0, 0.1) is 0 Å². The highest BCUT2D eigenvalue weighted by Crippen LogP contribution is 2.03. The van der Waals surface area contributed by atoms with E-state index in [0.29, 0.717) is 6.61 Å². The minimum absolute atomic E-state index is 0.0812. The fourth-order valence-corrected chi connectivity index (χ4v) is 0.982. The van der Waals surface area contributed by atoms with E-state index < -0.39 is 0 Å². The summed E-state index contributed by atoms with van der Waals surface area (Å²) in [4.78, 5) is 9.96. The molecule has 0 aromatic carbocycles. The molecule has 13 heavy (non-hydrogen) atoms. The molecule has 0 heterocycles. The molecule has 0 rings (SSSR count). The van der Waals surface area contributed by atoms with E-state index in [1.165, 1.54) is 6.08 Å². The van der Waals surface area contributed by atoms with Gasteiger partial charge in [0.1, 0.15) is 6.29 Å². The normalized spacial score (nSPS) is 15.9. The third-order valence-electron chi connectivity index (χ3n) is 1.51. The van der Waals surface area contributed by atoms with Crippen molar-refractivity contribution >= 4 is 6.29 Å². The monoisotopic (exact) mass is 186 g/mol. The summed E-state index contributed by atoms with van der Waals surface area (Å²) in [5.74, 6) is 0. The smallest absolute Gasteiger partial charge is 0.155 e. The molecule has 0 aromatic rings. The zero-order valence-electron chi connectivity index (χ0n) is 8.53. The van der Waals surface area contributed by atoms with E-state index in [4.69, 9.17) is 9.47 Å². The quantitative estimate of drug-likeness (QED) is 0.346. The van der Waals surface area contributed by atoms with Crippen LogP contribution in [0.5, 0.6) is 0 Å². The van der Waals surface area contributed by atoms with E-state index in [9.17, 15) is 4.79 Å². The van der Waals surface area contributed by atoms with Crippen molar-refractivity contribution in [2.24, 2.45) is 0 Å². The largest absolute Gasteiger partial charge is 0.353 e. The molecule has 0 aliphatic carbocycles. The number of hydrogen-bond donors (Lipinski definition) is 0. The second kappa shape index (κ2) is 7.95. The molecule has 3 heteroatoms. The molecule has 0 aliphatic rings. The molecule has 0 saturated carbocycles. The molecule has 0 N–H and O–H groups in total. The molecule has 0 saturated heterocycles. The maximum atomic E-state index is 9.96. The van der Waals surface area contributed by atoms with Gasteiger partial charge in [0.05, 0.1) is 6.10 Å². The lowest BCUT2D eigenvalue weighted by Crippen LogP contribution is -2.19. The van der Waals surface area contributed by atoms with E-state index in [0.717, 1.165) is 12.7 Å². The van der Waals surface area contributed by atoms with E-state index >= 15 is 0 Å². The van der Waals surface area contributed by atoms with Crippen molar-refractivity contribution in [3.8, 4) is 0 Å². The topological polar surface area (TPSA) is 35.5 Å². The van der Waals surface area contributed by atoms with E-state index in [-0.39, 0.29) is 12.4 Å². The predicted molar refractivity (Wildman–Crippen MR) is 51.5 cm³/mol. The summed E-state index contributed by atoms with van der Waals surface area (Å²) in [5.41, 5.74) is 0. The standard InChI is InChI=1S/C10H18O3/c1-4-12-10(3)13-9(2)7-5-6-8-11/h5-6,8-10H,4,7H2,1-3H3/b6-5+/t9-,10+/m0/s1. The Labute approximate surface area is 79.7 Å². The van der Waals surface area contributed by atoms with E-state index in [1.807, 2.05) is 20.8 Å². The maximum Gasteiger partial charge on any atom is 0.155 e. The summed E-state index contributed by atoms with van der Waals surface area (Å²) in [5, 5.41) is 0. The fraction of sp³-hybridized carbons (Fsp3) is 0.700. The van der Waals surface area contributed by atoms with Crippen LogP contribution in [-0.4, -0.2) is 25.3 Å². The van der Waals surface area contributed by atoms with Crippen molar-refractivity contribution < 1.29 is 14.3 Å². The Morgan fingerprint density at radius 1 is 1.38 bits per heavy atom. The van der Waals surface area contributed by atoms with Gasteiger partial charge in [-0.1, -0.05) is 6.08 Å². The van der Waals surface area contributed by atoms with Crippen LogP contribution in [0.1, 0.15) is 27.2 Å². The molecule has 0 spiro atoms. The second-order valence-electron chi connectivity index (χ2n) is 2.77. The molecule has 2 atom stereocenters. The zero-order valence-corrected chi connectivity index (χ0v) is 8.53. The van der Waals surface area contributed by atoms with Crippen molar-refractivity contribution in [1.29, 1.82) is 0 Å². The molecule has 76 valence electrons. The molecule has 0 aliphatic heterocycles. The Bertz CT molecular complexity index is 154. The molecule has 0 aromatic heterocycles. The SMILES string of the molecule is CCO[C@@H](C)O[C@@H](C)C/C=C/C=O. The van der Waals surface area contributed by atoms with Crippen LogP contribution in [-0.2, 0) is 14.3 Å². The van der Waals surface area contributed by atoms with Gasteiger partial charge in [0, 0.05) is 6.61 Å². The Hall–Kier alpha value is -0.670. The van der Waals surface area contributed by atoms with Gasteiger partial charge in [0.25, 0.3) is 0 Å². The summed E-state index contributed by atoms with van der Waals surface area (Å²) in [6, 6.07) is 0. The van der Waals surface area contributed by atoms with Crippen LogP contribution in [0.15, 0.2) is 12.2 Å². The van der Waals surface area contributed by atoms with Crippen molar-refractivity contribution in [2.75, 3.05) is 6.61 Å². The molecular weight excluding hydrogens is 168 g/mol. The predicted octanol–water partition coefficient (Wildman–Crippen LogP) is 1.92. The lowest BCUT2D eigenvalue weighted by molar-refractivity contribution is -0.151. The second-order valence-corrected chi connectivity index (χ2v) is 2.77. The molecule has 3 nitrogen and oxygen atoms in total. The average molecular weight is 186 g/mol. The van der Waals surface area contributed by atoms with E-state index in [1.54, 1.807) is 6.08 Å². The highest BCUT2D eigenvalue weighted by molar-refractivity contribution is 5.64. The molecule has 0 radical (unpaired) electrons. The number of carbonyl (C=O) groups is 1. The van der Waals surface area contributed by atoms with Gasteiger partial charge >= 0.3 is 0 Å². The third-order valence-corrected chi connectivity index (χ3v) is 1.51. The van der Waals surface area contributed by atoms with Crippen LogP contribution in [0.4, 0.5) is 0 Å². The van der Waals surface area contributed by atoms with Crippen LogP contribution in [0.3, 0.4) is 0 Å². The average Bonchev–Trinajstić information content (AvgIpc) is 2.05. The number of carbonyl (C=O) groups excluding carboxylic acids is 1. The van der Waals surface area contributed by atoms with Gasteiger partial charge in [-0.05, 0) is 33.3 Å². The minimum atomic E-state index is -0.176. The first-order valence-corrected chi connectivity index (χ1v) is 4.58. The Kier molecular flexibility index (Phi) is 7.54.